The van der Waals surface area contributed by atoms with Crippen molar-refractivity contribution in [1.82, 2.24) is 0 Å². The van der Waals surface area contributed by atoms with Gasteiger partial charge in [-0.05, 0) is 77.0 Å². The van der Waals surface area contributed by atoms with E-state index in [0.717, 1.165) is 116 Å². The number of aliphatic carboxylic acids is 1. The topological polar surface area (TPSA) is 175 Å². The molecule has 3 N–H and O–H groups in total. The minimum atomic E-state index is -1.91. The van der Waals surface area contributed by atoms with Gasteiger partial charge in [-0.15, -0.1) is 0 Å². The highest BCUT2D eigenvalue weighted by atomic mass is 16.7. The van der Waals surface area contributed by atoms with Crippen molar-refractivity contribution in [3.05, 3.63) is 48.6 Å². The molecule has 0 aromatic carbocycles. The van der Waals surface area contributed by atoms with E-state index in [4.69, 9.17) is 23.7 Å². The Hall–Kier alpha value is -3.32. The van der Waals surface area contributed by atoms with Crippen molar-refractivity contribution in [3.63, 3.8) is 0 Å². The van der Waals surface area contributed by atoms with Crippen LogP contribution in [0.15, 0.2) is 48.6 Å². The first-order valence-corrected chi connectivity index (χ1v) is 31.6. The molecule has 0 aliphatic carbocycles. The van der Waals surface area contributed by atoms with Crippen LogP contribution in [0, 0.1) is 0 Å². The average Bonchev–Trinajstić information content (AvgIpc) is 3.42. The van der Waals surface area contributed by atoms with Crippen molar-refractivity contribution in [2.24, 2.45) is 0 Å². The zero-order chi connectivity index (χ0) is 56.1. The summed E-state index contributed by atoms with van der Waals surface area (Å²) in [6, 6.07) is 0. The number of aliphatic hydroxyl groups excluding tert-OH is 2. The van der Waals surface area contributed by atoms with Gasteiger partial charge in [0.05, 0.1) is 6.61 Å². The molecule has 0 saturated carbocycles. The van der Waals surface area contributed by atoms with Crippen LogP contribution in [0.4, 0.5) is 0 Å². The number of carbonyl (C=O) groups is 4. The summed E-state index contributed by atoms with van der Waals surface area (Å²) in [6.07, 6.45) is 52.2. The molecule has 0 spiro atoms. The van der Waals surface area contributed by atoms with Crippen LogP contribution in [0.25, 0.3) is 0 Å². The SMILES string of the molecule is CCC/C=C\C/C=C\CCCCCCCC(=O)OC(COC(=O)CCCCCCCCCCCCCCCCCCCCC)COC1OC(C(=O)O)C(O)C(O)C1OC(=O)CCCCCCC/C=C\C/C=C\CCCCC. The molecule has 0 aromatic heterocycles. The summed E-state index contributed by atoms with van der Waals surface area (Å²) in [4.78, 5) is 51.2. The average molecular weight is 1090 g/mol. The minimum absolute atomic E-state index is 0.0443. The lowest BCUT2D eigenvalue weighted by Gasteiger charge is -2.40. The van der Waals surface area contributed by atoms with Crippen LogP contribution in [0.1, 0.15) is 290 Å². The van der Waals surface area contributed by atoms with Crippen LogP contribution in [0.2, 0.25) is 0 Å². The summed E-state index contributed by atoms with van der Waals surface area (Å²) < 4.78 is 28.5. The number of hydrogen-bond donors (Lipinski definition) is 3. The predicted octanol–water partition coefficient (Wildman–Crippen LogP) is 16.6. The Morgan fingerprint density at radius 2 is 0.805 bits per heavy atom. The van der Waals surface area contributed by atoms with Gasteiger partial charge in [-0.2, -0.15) is 0 Å². The molecular formula is C65H114O12. The lowest BCUT2D eigenvalue weighted by atomic mass is 9.98. The van der Waals surface area contributed by atoms with E-state index in [0.29, 0.717) is 19.3 Å². The Morgan fingerprint density at radius 1 is 0.429 bits per heavy atom. The molecule has 1 saturated heterocycles. The minimum Gasteiger partial charge on any atom is -0.479 e. The van der Waals surface area contributed by atoms with Crippen LogP contribution in [0.5, 0.6) is 0 Å². The summed E-state index contributed by atoms with van der Waals surface area (Å²) in [5.74, 6) is -3.13. The number of ether oxygens (including phenoxy) is 5. The van der Waals surface area contributed by atoms with Crippen molar-refractivity contribution in [1.29, 1.82) is 0 Å². The fraction of sp³-hybridized carbons (Fsp3) is 0.815. The van der Waals surface area contributed by atoms with E-state index in [1.165, 1.54) is 116 Å². The van der Waals surface area contributed by atoms with Gasteiger partial charge in [0, 0.05) is 19.3 Å². The van der Waals surface area contributed by atoms with Gasteiger partial charge in [0.2, 0.25) is 0 Å². The Morgan fingerprint density at radius 3 is 1.25 bits per heavy atom. The van der Waals surface area contributed by atoms with Crippen LogP contribution in [0.3, 0.4) is 0 Å². The number of carbonyl (C=O) groups excluding carboxylic acids is 3. The maximum atomic E-state index is 13.1. The maximum Gasteiger partial charge on any atom is 0.335 e. The first-order valence-electron chi connectivity index (χ1n) is 31.6. The number of esters is 3. The summed E-state index contributed by atoms with van der Waals surface area (Å²) in [5, 5.41) is 31.5. The fourth-order valence-electron chi connectivity index (χ4n) is 9.50. The Labute approximate surface area is 469 Å². The van der Waals surface area contributed by atoms with E-state index in [2.05, 4.69) is 69.4 Å². The number of allylic oxidation sites excluding steroid dienone is 8. The van der Waals surface area contributed by atoms with Crippen molar-refractivity contribution < 1.29 is 58.2 Å². The quantitative estimate of drug-likeness (QED) is 0.0228. The molecule has 6 atom stereocenters. The highest BCUT2D eigenvalue weighted by Crippen LogP contribution is 2.27. The predicted molar refractivity (Wildman–Crippen MR) is 312 cm³/mol. The second-order valence-corrected chi connectivity index (χ2v) is 21.7. The second kappa shape index (κ2) is 53.3. The number of carboxylic acid groups (broad SMARTS) is 1. The largest absolute Gasteiger partial charge is 0.479 e. The van der Waals surface area contributed by atoms with Gasteiger partial charge in [0.15, 0.2) is 24.6 Å². The monoisotopic (exact) mass is 1090 g/mol. The molecule has 1 heterocycles. The van der Waals surface area contributed by atoms with Gasteiger partial charge in [-0.25, -0.2) is 4.79 Å². The van der Waals surface area contributed by atoms with Crippen LogP contribution in [-0.4, -0.2) is 89.2 Å². The first-order chi connectivity index (χ1) is 37.6. The molecule has 6 unspecified atom stereocenters. The Kier molecular flexibility index (Phi) is 49.7. The maximum absolute atomic E-state index is 13.1. The molecule has 446 valence electrons. The molecule has 0 amide bonds. The van der Waals surface area contributed by atoms with E-state index < -0.39 is 67.3 Å². The Bertz CT molecular complexity index is 1520. The van der Waals surface area contributed by atoms with E-state index in [1.54, 1.807) is 0 Å². The van der Waals surface area contributed by atoms with Gasteiger partial charge in [0.1, 0.15) is 18.8 Å². The number of rotatable bonds is 54. The first kappa shape index (κ1) is 71.7. The molecule has 0 radical (unpaired) electrons. The molecule has 1 rings (SSSR count). The molecule has 1 fully saturated rings. The number of carboxylic acids is 1. The van der Waals surface area contributed by atoms with E-state index >= 15 is 0 Å². The highest BCUT2D eigenvalue weighted by molar-refractivity contribution is 5.74. The lowest BCUT2D eigenvalue weighted by molar-refractivity contribution is -0.301. The molecule has 77 heavy (non-hydrogen) atoms. The second-order valence-electron chi connectivity index (χ2n) is 21.7. The van der Waals surface area contributed by atoms with Crippen LogP contribution >= 0.6 is 0 Å². The molecule has 0 aromatic rings. The van der Waals surface area contributed by atoms with Crippen LogP contribution < -0.4 is 0 Å². The third kappa shape index (κ3) is 43.2. The van der Waals surface area contributed by atoms with Gasteiger partial charge in [-0.3, -0.25) is 14.4 Å². The van der Waals surface area contributed by atoms with Crippen molar-refractivity contribution in [3.8, 4) is 0 Å². The van der Waals surface area contributed by atoms with Gasteiger partial charge in [-0.1, -0.05) is 243 Å². The fourth-order valence-corrected chi connectivity index (χ4v) is 9.50. The van der Waals surface area contributed by atoms with E-state index in [9.17, 15) is 34.5 Å². The lowest BCUT2D eigenvalue weighted by Crippen LogP contribution is -2.61. The molecular weight excluding hydrogens is 973 g/mol. The summed E-state index contributed by atoms with van der Waals surface area (Å²) in [7, 11) is 0. The van der Waals surface area contributed by atoms with Crippen molar-refractivity contribution in [2.75, 3.05) is 13.2 Å². The zero-order valence-corrected chi connectivity index (χ0v) is 49.2. The van der Waals surface area contributed by atoms with Crippen molar-refractivity contribution in [2.45, 2.75) is 327 Å². The molecule has 12 nitrogen and oxygen atoms in total. The zero-order valence-electron chi connectivity index (χ0n) is 49.2. The third-order valence-corrected chi connectivity index (χ3v) is 14.4. The normalized spacial score (nSPS) is 18.3. The highest BCUT2D eigenvalue weighted by Gasteiger charge is 2.50. The molecule has 1 aliphatic rings. The summed E-state index contributed by atoms with van der Waals surface area (Å²) in [5.41, 5.74) is 0. The number of aliphatic hydroxyl groups is 2. The van der Waals surface area contributed by atoms with Gasteiger partial charge >= 0.3 is 23.9 Å². The summed E-state index contributed by atoms with van der Waals surface area (Å²) >= 11 is 0. The molecule has 12 heteroatoms. The van der Waals surface area contributed by atoms with Gasteiger partial charge in [0.25, 0.3) is 0 Å². The molecule has 0 bridgehead atoms. The standard InChI is InChI=1S/C65H114O12/c1-4-7-10-13-16-19-22-25-27-28-29-30-32-34-36-39-42-45-48-51-57(66)73-54-56(75-58(67)52-49-46-43-40-37-33-24-21-18-15-12-9-6-3)55-74-65-63(61(70)60(69)62(77-65)64(71)72)76-59(68)53-50-47-44-41-38-35-31-26-23-20-17-14-11-8-5-2/h12,15,17,20-21,24,26,31,56,60-63,65,69-70H,4-11,13-14,16,18-19,22-23,25,27-30,32-55H2,1-3H3,(H,71,72)/b15-12-,20-17-,24-21-,31-26-. The molecule has 1 aliphatic heterocycles. The third-order valence-electron chi connectivity index (χ3n) is 14.4. The number of unbranched alkanes of at least 4 members (excludes halogenated alkanes) is 32. The number of hydrogen-bond acceptors (Lipinski definition) is 11. The van der Waals surface area contributed by atoms with Crippen LogP contribution in [-0.2, 0) is 42.9 Å². The van der Waals surface area contributed by atoms with Crippen molar-refractivity contribution >= 4 is 23.9 Å². The van der Waals surface area contributed by atoms with E-state index in [1.807, 2.05) is 0 Å². The summed E-state index contributed by atoms with van der Waals surface area (Å²) in [6.45, 7) is 5.92. The smallest absolute Gasteiger partial charge is 0.335 e. The van der Waals surface area contributed by atoms with Gasteiger partial charge < -0.3 is 39.0 Å². The van der Waals surface area contributed by atoms with E-state index in [-0.39, 0.29) is 25.9 Å². The Balaban J connectivity index is 2.65.